The maximum atomic E-state index is 2.44. The number of hydrogen-bond donors (Lipinski definition) is 0. The molecule has 0 aromatic heterocycles. The van der Waals surface area contributed by atoms with Crippen molar-refractivity contribution in [2.45, 2.75) is 34.6 Å². The average molecular weight is 334 g/mol. The van der Waals surface area contributed by atoms with E-state index in [0.29, 0.717) is 0 Å². The minimum absolute atomic E-state index is 0.172. The Balaban J connectivity index is 2.06. The van der Waals surface area contributed by atoms with Crippen LogP contribution in [0.3, 0.4) is 0 Å². The van der Waals surface area contributed by atoms with Crippen LogP contribution in [-0.4, -0.2) is 6.16 Å². The van der Waals surface area contributed by atoms with Gasteiger partial charge in [0.25, 0.3) is 0 Å². The van der Waals surface area contributed by atoms with Gasteiger partial charge < -0.3 is 0 Å². The summed E-state index contributed by atoms with van der Waals surface area (Å²) in [6, 6.07) is 22.1. The van der Waals surface area contributed by atoms with Crippen LogP contribution in [0, 0.1) is 5.41 Å². The van der Waals surface area contributed by atoms with Gasteiger partial charge in [-0.2, -0.15) is 0 Å². The van der Waals surface area contributed by atoms with Crippen molar-refractivity contribution in [1.82, 2.24) is 0 Å². The highest BCUT2D eigenvalue weighted by Crippen LogP contribution is 2.53. The van der Waals surface area contributed by atoms with Crippen LogP contribution in [-0.2, 0) is 0 Å². The Morgan fingerprint density at radius 1 is 0.667 bits per heavy atom. The molecule has 0 bridgehead atoms. The Hall–Kier alpha value is -1.65. The Morgan fingerprint density at radius 3 is 1.42 bits per heavy atom. The fourth-order valence-electron chi connectivity index (χ4n) is 3.77. The molecule has 1 aliphatic rings. The lowest BCUT2D eigenvalue weighted by molar-refractivity contribution is 0.556. The van der Waals surface area contributed by atoms with E-state index in [1.54, 1.807) is 11.1 Å². The first-order valence-electron chi connectivity index (χ1n) is 8.69. The zero-order valence-electron chi connectivity index (χ0n) is 15.4. The van der Waals surface area contributed by atoms with E-state index in [0.717, 1.165) is 0 Å². The van der Waals surface area contributed by atoms with Gasteiger partial charge in [-0.25, -0.2) is 0 Å². The molecular weight excluding hydrogens is 307 g/mol. The molecule has 0 heterocycles. The van der Waals surface area contributed by atoms with E-state index in [9.17, 15) is 0 Å². The summed E-state index contributed by atoms with van der Waals surface area (Å²) in [5, 5.41) is 2.95. The first-order valence-corrected chi connectivity index (χ1v) is 10.2. The van der Waals surface area contributed by atoms with Crippen molar-refractivity contribution in [3.63, 3.8) is 0 Å². The molecule has 2 aromatic rings. The molecule has 0 nitrogen and oxygen atoms in total. The zero-order chi connectivity index (χ0) is 17.3. The van der Waals surface area contributed by atoms with Gasteiger partial charge in [0.2, 0.25) is 0 Å². The summed E-state index contributed by atoms with van der Waals surface area (Å²) in [7, 11) is -0.370. The molecule has 0 atom stereocenters. The van der Waals surface area contributed by atoms with Gasteiger partial charge in [0.15, 0.2) is 0 Å². The van der Waals surface area contributed by atoms with Crippen LogP contribution in [0.2, 0.25) is 0 Å². The molecule has 1 heteroatoms. The van der Waals surface area contributed by atoms with E-state index in [4.69, 9.17) is 0 Å². The summed E-state index contributed by atoms with van der Waals surface area (Å²) in [6.45, 7) is 11.7. The molecule has 0 saturated carbocycles. The van der Waals surface area contributed by atoms with Gasteiger partial charge in [0.05, 0.1) is 0 Å². The van der Waals surface area contributed by atoms with Gasteiger partial charge in [0.1, 0.15) is 0 Å². The summed E-state index contributed by atoms with van der Waals surface area (Å²) in [5.41, 5.74) is 6.26. The van der Waals surface area contributed by atoms with Gasteiger partial charge in [-0.15, -0.1) is 0 Å². The quantitative estimate of drug-likeness (QED) is 0.619. The highest BCUT2D eigenvalue weighted by Gasteiger charge is 2.38. The van der Waals surface area contributed by atoms with E-state index < -0.39 is 0 Å². The SMILES string of the molecule is CC1=C(C)C(C)(CP(c2ccccc2)c2ccccc2)C(C)=C1C. The van der Waals surface area contributed by atoms with Crippen LogP contribution >= 0.6 is 7.92 Å². The van der Waals surface area contributed by atoms with Crippen molar-refractivity contribution in [1.29, 1.82) is 0 Å². The predicted octanol–water partition coefficient (Wildman–Crippen LogP) is 5.81. The van der Waals surface area contributed by atoms with Gasteiger partial charge in [-0.3, -0.25) is 0 Å². The Bertz CT molecular complexity index is 718. The summed E-state index contributed by atoms with van der Waals surface area (Å²) in [4.78, 5) is 0. The number of benzene rings is 2. The largest absolute Gasteiger partial charge is 0.0622 e. The molecule has 0 N–H and O–H groups in total. The molecule has 0 radical (unpaired) electrons. The van der Waals surface area contributed by atoms with Crippen LogP contribution in [0.25, 0.3) is 0 Å². The molecule has 0 spiro atoms. The third-order valence-electron chi connectivity index (χ3n) is 5.95. The van der Waals surface area contributed by atoms with Gasteiger partial charge in [-0.1, -0.05) is 78.7 Å². The molecule has 1 aliphatic carbocycles. The first kappa shape index (κ1) is 17.2. The predicted molar refractivity (Wildman–Crippen MR) is 109 cm³/mol. The minimum atomic E-state index is -0.370. The smallest absolute Gasteiger partial charge is 0.0143 e. The maximum Gasteiger partial charge on any atom is 0.0143 e. The maximum absolute atomic E-state index is 2.44. The summed E-state index contributed by atoms with van der Waals surface area (Å²) in [5.74, 6) is 0. The topological polar surface area (TPSA) is 0 Å². The monoisotopic (exact) mass is 334 g/mol. The van der Waals surface area contributed by atoms with E-state index in [1.807, 2.05) is 0 Å². The van der Waals surface area contributed by atoms with Crippen molar-refractivity contribution >= 4 is 18.5 Å². The van der Waals surface area contributed by atoms with Crippen molar-refractivity contribution in [2.24, 2.45) is 5.41 Å². The molecular formula is C23H27P. The molecule has 0 fully saturated rings. The van der Waals surface area contributed by atoms with Crippen LogP contribution in [0.5, 0.6) is 0 Å². The van der Waals surface area contributed by atoms with Crippen molar-refractivity contribution in [3.8, 4) is 0 Å². The second-order valence-corrected chi connectivity index (χ2v) is 9.29. The average Bonchev–Trinajstić information content (AvgIpc) is 2.77. The Labute approximate surface area is 148 Å². The fraction of sp³-hybridized carbons (Fsp3) is 0.304. The second-order valence-electron chi connectivity index (χ2n) is 7.09. The first-order chi connectivity index (χ1) is 11.4. The Kier molecular flexibility index (Phi) is 4.79. The van der Waals surface area contributed by atoms with E-state index in [2.05, 4.69) is 95.3 Å². The van der Waals surface area contributed by atoms with Crippen LogP contribution in [0.15, 0.2) is 83.0 Å². The van der Waals surface area contributed by atoms with E-state index in [1.165, 1.54) is 27.9 Å². The summed E-state index contributed by atoms with van der Waals surface area (Å²) in [6.07, 6.45) is 1.18. The molecule has 124 valence electrons. The molecule has 24 heavy (non-hydrogen) atoms. The molecule has 0 amide bonds. The number of allylic oxidation sites excluding steroid dienone is 4. The number of rotatable bonds is 4. The lowest BCUT2D eigenvalue weighted by Gasteiger charge is -2.34. The van der Waals surface area contributed by atoms with Crippen molar-refractivity contribution < 1.29 is 0 Å². The molecule has 3 rings (SSSR count). The fourth-order valence-corrected chi connectivity index (χ4v) is 6.61. The highest BCUT2D eigenvalue weighted by molar-refractivity contribution is 7.73. The molecule has 0 aliphatic heterocycles. The van der Waals surface area contributed by atoms with Crippen molar-refractivity contribution in [2.75, 3.05) is 6.16 Å². The second kappa shape index (κ2) is 6.69. The third-order valence-corrected chi connectivity index (χ3v) is 8.74. The lowest BCUT2D eigenvalue weighted by Crippen LogP contribution is -2.27. The van der Waals surface area contributed by atoms with E-state index in [-0.39, 0.29) is 13.3 Å². The van der Waals surface area contributed by atoms with Gasteiger partial charge >= 0.3 is 0 Å². The standard InChI is InChI=1S/C23H27P/c1-17-18(2)20(4)23(5,19(17)3)16-24(21-12-8-6-9-13-21)22-14-10-7-11-15-22/h6-15H,16H2,1-5H3. The van der Waals surface area contributed by atoms with Crippen molar-refractivity contribution in [3.05, 3.63) is 83.0 Å². The lowest BCUT2D eigenvalue weighted by atomic mass is 9.81. The summed E-state index contributed by atoms with van der Waals surface area (Å²) < 4.78 is 0. The van der Waals surface area contributed by atoms with Crippen LogP contribution in [0.4, 0.5) is 0 Å². The normalized spacial score (nSPS) is 17.1. The summed E-state index contributed by atoms with van der Waals surface area (Å²) >= 11 is 0. The van der Waals surface area contributed by atoms with Gasteiger partial charge in [-0.05, 0) is 63.5 Å². The third kappa shape index (κ3) is 2.89. The Morgan fingerprint density at radius 2 is 1.04 bits per heavy atom. The van der Waals surface area contributed by atoms with Crippen LogP contribution in [0.1, 0.15) is 34.6 Å². The molecule has 2 aromatic carbocycles. The van der Waals surface area contributed by atoms with E-state index >= 15 is 0 Å². The van der Waals surface area contributed by atoms with Gasteiger partial charge in [0, 0.05) is 5.41 Å². The minimum Gasteiger partial charge on any atom is -0.0622 e. The highest BCUT2D eigenvalue weighted by atomic mass is 31.1. The molecule has 0 unspecified atom stereocenters. The number of hydrogen-bond acceptors (Lipinski definition) is 0. The molecule has 0 saturated heterocycles. The van der Waals surface area contributed by atoms with Crippen LogP contribution < -0.4 is 10.6 Å². The zero-order valence-corrected chi connectivity index (χ0v) is 16.3.